The SMILES string of the molecule is CNC1=CC=C(N2C[C@H](CN3CCC4(CCNCC4)CC3)O[C@H](C)C2)C2CC=NN12. The molecular formula is C23H38N6O. The van der Waals surface area contributed by atoms with Crippen LogP contribution in [0.25, 0.3) is 0 Å². The Bertz CT molecular complexity index is 702. The highest BCUT2D eigenvalue weighted by atomic mass is 16.5. The Hall–Kier alpha value is -1.57. The Balaban J connectivity index is 1.21. The number of fused-ring (bicyclic) bond motifs is 1. The smallest absolute Gasteiger partial charge is 0.123 e. The molecule has 5 aliphatic rings. The molecule has 0 radical (unpaired) electrons. The van der Waals surface area contributed by atoms with Gasteiger partial charge >= 0.3 is 0 Å². The van der Waals surface area contributed by atoms with Gasteiger partial charge in [0.2, 0.25) is 0 Å². The number of nitrogens with one attached hydrogen (secondary N) is 2. The minimum Gasteiger partial charge on any atom is -0.373 e. The number of piperidine rings is 2. The van der Waals surface area contributed by atoms with E-state index in [0.29, 0.717) is 11.5 Å². The minimum absolute atomic E-state index is 0.260. The van der Waals surface area contributed by atoms with Crippen LogP contribution in [0, 0.1) is 5.41 Å². The lowest BCUT2D eigenvalue weighted by molar-refractivity contribution is -0.0862. The van der Waals surface area contributed by atoms with E-state index in [9.17, 15) is 0 Å². The molecule has 0 aromatic carbocycles. The summed E-state index contributed by atoms with van der Waals surface area (Å²) in [6.45, 7) is 10.1. The van der Waals surface area contributed by atoms with Crippen LogP contribution >= 0.6 is 0 Å². The van der Waals surface area contributed by atoms with Crippen molar-refractivity contribution in [1.29, 1.82) is 0 Å². The molecular weight excluding hydrogens is 376 g/mol. The molecule has 0 amide bonds. The molecule has 3 atom stereocenters. The third kappa shape index (κ3) is 3.99. The van der Waals surface area contributed by atoms with Gasteiger partial charge < -0.3 is 25.2 Å². The van der Waals surface area contributed by atoms with E-state index >= 15 is 0 Å². The number of hydrogen-bond donors (Lipinski definition) is 2. The lowest BCUT2D eigenvalue weighted by atomic mass is 9.71. The number of ether oxygens (including phenoxy) is 1. The third-order valence-electron chi connectivity index (χ3n) is 7.82. The molecule has 3 saturated heterocycles. The summed E-state index contributed by atoms with van der Waals surface area (Å²) in [6, 6.07) is 0.318. The van der Waals surface area contributed by atoms with Crippen LogP contribution in [-0.2, 0) is 4.74 Å². The van der Waals surface area contributed by atoms with Crippen LogP contribution < -0.4 is 10.6 Å². The van der Waals surface area contributed by atoms with Crippen molar-refractivity contribution in [1.82, 2.24) is 25.4 Å². The molecule has 5 aliphatic heterocycles. The molecule has 5 heterocycles. The molecule has 0 saturated carbocycles. The second-order valence-electron chi connectivity index (χ2n) is 9.81. The maximum Gasteiger partial charge on any atom is 0.123 e. The molecule has 1 unspecified atom stereocenters. The molecule has 0 aliphatic carbocycles. The van der Waals surface area contributed by atoms with Gasteiger partial charge in [-0.1, -0.05) is 0 Å². The van der Waals surface area contributed by atoms with Crippen molar-refractivity contribution in [3.05, 3.63) is 23.7 Å². The van der Waals surface area contributed by atoms with Gasteiger partial charge in [0.1, 0.15) is 5.82 Å². The van der Waals surface area contributed by atoms with E-state index in [1.807, 2.05) is 13.3 Å². The first kappa shape index (κ1) is 20.3. The van der Waals surface area contributed by atoms with Crippen LogP contribution in [0.3, 0.4) is 0 Å². The number of allylic oxidation sites excluding steroid dienone is 2. The molecule has 5 rings (SSSR count). The molecule has 2 N–H and O–H groups in total. The van der Waals surface area contributed by atoms with E-state index in [4.69, 9.17) is 4.74 Å². The Morgan fingerprint density at radius 1 is 1.17 bits per heavy atom. The Morgan fingerprint density at radius 2 is 1.97 bits per heavy atom. The van der Waals surface area contributed by atoms with E-state index in [-0.39, 0.29) is 12.2 Å². The Kier molecular flexibility index (Phi) is 5.77. The quantitative estimate of drug-likeness (QED) is 0.728. The van der Waals surface area contributed by atoms with Crippen LogP contribution in [0.15, 0.2) is 28.8 Å². The predicted molar refractivity (Wildman–Crippen MR) is 120 cm³/mol. The summed E-state index contributed by atoms with van der Waals surface area (Å²) in [7, 11) is 1.97. The molecule has 0 aromatic rings. The summed E-state index contributed by atoms with van der Waals surface area (Å²) in [5.74, 6) is 1.08. The fourth-order valence-electron chi connectivity index (χ4n) is 6.07. The molecule has 0 aromatic heterocycles. The number of rotatable bonds is 4. The zero-order valence-corrected chi connectivity index (χ0v) is 18.6. The molecule has 3 fully saturated rings. The normalized spacial score (nSPS) is 34.0. The van der Waals surface area contributed by atoms with Crippen LogP contribution in [-0.4, -0.2) is 92.1 Å². The molecule has 7 heteroatoms. The summed E-state index contributed by atoms with van der Waals surface area (Å²) in [6.07, 6.45) is 13.5. The topological polar surface area (TPSA) is 55.4 Å². The van der Waals surface area contributed by atoms with Crippen LogP contribution in [0.1, 0.15) is 39.0 Å². The monoisotopic (exact) mass is 414 g/mol. The Labute approximate surface area is 181 Å². The maximum atomic E-state index is 6.41. The van der Waals surface area contributed by atoms with E-state index in [1.54, 1.807) is 0 Å². The first-order valence-corrected chi connectivity index (χ1v) is 11.9. The predicted octanol–water partition coefficient (Wildman–Crippen LogP) is 1.56. The van der Waals surface area contributed by atoms with Gasteiger partial charge in [0.15, 0.2) is 0 Å². The third-order valence-corrected chi connectivity index (χ3v) is 7.82. The summed E-state index contributed by atoms with van der Waals surface area (Å²) in [5, 5.41) is 13.5. The van der Waals surface area contributed by atoms with Gasteiger partial charge in [0.05, 0.1) is 18.2 Å². The zero-order valence-electron chi connectivity index (χ0n) is 18.6. The first-order chi connectivity index (χ1) is 14.7. The van der Waals surface area contributed by atoms with Gasteiger partial charge in [0.25, 0.3) is 0 Å². The van der Waals surface area contributed by atoms with Crippen molar-refractivity contribution in [2.75, 3.05) is 52.9 Å². The molecule has 0 bridgehead atoms. The lowest BCUT2D eigenvalue weighted by Crippen LogP contribution is -2.54. The van der Waals surface area contributed by atoms with Gasteiger partial charge in [0, 0.05) is 45.0 Å². The van der Waals surface area contributed by atoms with E-state index in [0.717, 1.165) is 31.9 Å². The average molecular weight is 415 g/mol. The second kappa shape index (κ2) is 8.52. The first-order valence-electron chi connectivity index (χ1n) is 11.9. The number of likely N-dealkylation sites (tertiary alicyclic amines) is 1. The maximum absolute atomic E-state index is 6.41. The van der Waals surface area contributed by atoms with Crippen molar-refractivity contribution in [2.24, 2.45) is 10.5 Å². The van der Waals surface area contributed by atoms with Gasteiger partial charge in [-0.15, -0.1) is 0 Å². The van der Waals surface area contributed by atoms with Gasteiger partial charge in [-0.2, -0.15) is 5.10 Å². The number of nitrogens with zero attached hydrogens (tertiary/aromatic N) is 4. The van der Waals surface area contributed by atoms with Crippen molar-refractivity contribution in [2.45, 2.75) is 57.3 Å². The largest absolute Gasteiger partial charge is 0.373 e. The van der Waals surface area contributed by atoms with Crippen LogP contribution in [0.5, 0.6) is 0 Å². The highest BCUT2D eigenvalue weighted by Gasteiger charge is 2.38. The fraction of sp³-hybridized carbons (Fsp3) is 0.783. The van der Waals surface area contributed by atoms with Crippen molar-refractivity contribution < 1.29 is 4.74 Å². The highest BCUT2D eigenvalue weighted by Crippen LogP contribution is 2.39. The molecule has 166 valence electrons. The standard InChI is InChI=1S/C23H38N6O/c1-18-15-28(20-3-4-22(24-2)29-21(20)5-10-26-29)17-19(30-18)16-27-13-8-23(9-14-27)6-11-25-12-7-23/h3-4,10,18-19,21,24-25H,5-9,11-17H2,1-2H3/t18-,19+,21?/m1/s1. The molecule has 1 spiro atoms. The number of hydrazone groups is 1. The minimum atomic E-state index is 0.260. The van der Waals surface area contributed by atoms with Crippen LogP contribution in [0.4, 0.5) is 0 Å². The highest BCUT2D eigenvalue weighted by molar-refractivity contribution is 5.62. The van der Waals surface area contributed by atoms with Crippen molar-refractivity contribution in [3.63, 3.8) is 0 Å². The number of morpholine rings is 1. The summed E-state index contributed by atoms with van der Waals surface area (Å²) < 4.78 is 6.41. The van der Waals surface area contributed by atoms with Crippen LogP contribution in [0.2, 0.25) is 0 Å². The van der Waals surface area contributed by atoms with E-state index in [2.05, 4.69) is 49.6 Å². The summed E-state index contributed by atoms with van der Waals surface area (Å²) in [5.41, 5.74) is 2.00. The van der Waals surface area contributed by atoms with Crippen molar-refractivity contribution in [3.8, 4) is 0 Å². The van der Waals surface area contributed by atoms with Gasteiger partial charge in [-0.05, 0) is 76.4 Å². The zero-order chi connectivity index (χ0) is 20.6. The van der Waals surface area contributed by atoms with Gasteiger partial charge in [-0.3, -0.25) is 0 Å². The molecule has 30 heavy (non-hydrogen) atoms. The van der Waals surface area contributed by atoms with Crippen molar-refractivity contribution >= 4 is 6.21 Å². The summed E-state index contributed by atoms with van der Waals surface area (Å²) in [4.78, 5) is 5.22. The molecule has 7 nitrogen and oxygen atoms in total. The van der Waals surface area contributed by atoms with Gasteiger partial charge in [-0.25, -0.2) is 5.01 Å². The number of hydrogen-bond acceptors (Lipinski definition) is 7. The van der Waals surface area contributed by atoms with E-state index < -0.39 is 0 Å². The average Bonchev–Trinajstić information content (AvgIpc) is 3.25. The summed E-state index contributed by atoms with van der Waals surface area (Å²) >= 11 is 0. The van der Waals surface area contributed by atoms with E-state index in [1.165, 1.54) is 57.6 Å². The lowest BCUT2D eigenvalue weighted by Gasteiger charge is -2.47. The fourth-order valence-corrected chi connectivity index (χ4v) is 6.07. The second-order valence-corrected chi connectivity index (χ2v) is 9.81. The Morgan fingerprint density at radius 3 is 2.73 bits per heavy atom.